The highest BCUT2D eigenvalue weighted by Crippen LogP contribution is 2.27. The molecule has 90 valence electrons. The lowest BCUT2D eigenvalue weighted by Crippen LogP contribution is -2.35. The first-order valence-electron chi connectivity index (χ1n) is 5.95. The van der Waals surface area contributed by atoms with Crippen LogP contribution in [0.15, 0.2) is 18.2 Å². The van der Waals surface area contributed by atoms with Crippen LogP contribution in [0, 0.1) is 0 Å². The fourth-order valence-corrected chi connectivity index (χ4v) is 2.11. The number of rotatable bonds is 2. The predicted molar refractivity (Wildman–Crippen MR) is 66.2 cm³/mol. The van der Waals surface area contributed by atoms with E-state index in [0.29, 0.717) is 17.0 Å². The van der Waals surface area contributed by atoms with Crippen LogP contribution in [0.3, 0.4) is 0 Å². The molecule has 2 amide bonds. The lowest BCUT2D eigenvalue weighted by atomic mass is 9.98. The van der Waals surface area contributed by atoms with Crippen LogP contribution in [0.4, 0.5) is 0 Å². The minimum Gasteiger partial charge on any atom is -0.272 e. The molecular formula is C14H17NO2. The Labute approximate surface area is 101 Å². The number of nitrogens with zero attached hydrogens (tertiary/aromatic N) is 1. The predicted octanol–water partition coefficient (Wildman–Crippen LogP) is 2.81. The Morgan fingerprint density at radius 1 is 0.941 bits per heavy atom. The van der Waals surface area contributed by atoms with E-state index in [1.165, 1.54) is 4.90 Å². The number of hydrogen-bond donors (Lipinski definition) is 0. The molecular weight excluding hydrogens is 214 g/mol. The smallest absolute Gasteiger partial charge is 0.261 e. The number of hydrogen-bond acceptors (Lipinski definition) is 2. The third-order valence-corrected chi connectivity index (χ3v) is 3.13. The quantitative estimate of drug-likeness (QED) is 0.734. The Morgan fingerprint density at radius 2 is 1.53 bits per heavy atom. The van der Waals surface area contributed by atoms with Gasteiger partial charge in [-0.25, -0.2) is 0 Å². The van der Waals surface area contributed by atoms with Crippen molar-refractivity contribution in [3.05, 3.63) is 34.9 Å². The average molecular weight is 231 g/mol. The van der Waals surface area contributed by atoms with E-state index < -0.39 is 0 Å². The van der Waals surface area contributed by atoms with Crippen LogP contribution < -0.4 is 0 Å². The largest absolute Gasteiger partial charge is 0.272 e. The van der Waals surface area contributed by atoms with Gasteiger partial charge >= 0.3 is 0 Å². The fraction of sp³-hybridized carbons (Fsp3) is 0.429. The van der Waals surface area contributed by atoms with Crippen LogP contribution in [0.5, 0.6) is 0 Å². The molecule has 0 radical (unpaired) electrons. The number of benzene rings is 1. The molecule has 0 bridgehead atoms. The molecule has 1 heterocycles. The van der Waals surface area contributed by atoms with Gasteiger partial charge in [-0.05, 0) is 37.5 Å². The third-order valence-electron chi connectivity index (χ3n) is 3.13. The molecule has 0 aliphatic carbocycles. The van der Waals surface area contributed by atoms with Crippen molar-refractivity contribution >= 4 is 11.8 Å². The van der Waals surface area contributed by atoms with Gasteiger partial charge in [-0.3, -0.25) is 14.5 Å². The van der Waals surface area contributed by atoms with E-state index in [1.807, 2.05) is 26.0 Å². The Kier molecular flexibility index (Phi) is 2.77. The van der Waals surface area contributed by atoms with E-state index in [0.717, 1.165) is 5.56 Å². The molecule has 0 saturated carbocycles. The van der Waals surface area contributed by atoms with Crippen molar-refractivity contribution in [2.45, 2.75) is 39.7 Å². The van der Waals surface area contributed by atoms with Gasteiger partial charge in [0.2, 0.25) is 0 Å². The summed E-state index contributed by atoms with van der Waals surface area (Å²) in [6.45, 7) is 7.85. The molecule has 3 heteroatoms. The summed E-state index contributed by atoms with van der Waals surface area (Å²) in [4.78, 5) is 25.5. The van der Waals surface area contributed by atoms with Crippen molar-refractivity contribution in [2.75, 3.05) is 0 Å². The van der Waals surface area contributed by atoms with E-state index in [2.05, 4.69) is 13.8 Å². The Balaban J connectivity index is 2.51. The van der Waals surface area contributed by atoms with Crippen LogP contribution in [0.25, 0.3) is 0 Å². The lowest BCUT2D eigenvalue weighted by Gasteiger charge is -2.17. The van der Waals surface area contributed by atoms with Gasteiger partial charge in [0.25, 0.3) is 11.8 Å². The van der Waals surface area contributed by atoms with Crippen molar-refractivity contribution in [2.24, 2.45) is 0 Å². The van der Waals surface area contributed by atoms with Gasteiger partial charge in [-0.1, -0.05) is 19.9 Å². The van der Waals surface area contributed by atoms with Gasteiger partial charge in [-0.2, -0.15) is 0 Å². The monoisotopic (exact) mass is 231 g/mol. The van der Waals surface area contributed by atoms with Crippen LogP contribution >= 0.6 is 0 Å². The number of imide groups is 1. The molecule has 0 saturated heterocycles. The highest BCUT2D eigenvalue weighted by atomic mass is 16.2. The van der Waals surface area contributed by atoms with Gasteiger partial charge in [0.15, 0.2) is 0 Å². The second-order valence-electron chi connectivity index (χ2n) is 5.03. The number of fused-ring (bicyclic) bond motifs is 1. The highest BCUT2D eigenvalue weighted by molar-refractivity contribution is 6.21. The van der Waals surface area contributed by atoms with E-state index >= 15 is 0 Å². The molecule has 2 rings (SSSR count). The van der Waals surface area contributed by atoms with Crippen molar-refractivity contribution < 1.29 is 9.59 Å². The van der Waals surface area contributed by atoms with Gasteiger partial charge in [0.05, 0.1) is 11.1 Å². The molecule has 0 atom stereocenters. The van der Waals surface area contributed by atoms with E-state index in [1.54, 1.807) is 6.07 Å². The zero-order valence-electron chi connectivity index (χ0n) is 10.7. The maximum absolute atomic E-state index is 12.1. The topological polar surface area (TPSA) is 37.4 Å². The molecule has 0 aromatic heterocycles. The molecule has 17 heavy (non-hydrogen) atoms. The van der Waals surface area contributed by atoms with Crippen molar-refractivity contribution in [3.8, 4) is 0 Å². The van der Waals surface area contributed by atoms with Crippen molar-refractivity contribution in [1.29, 1.82) is 0 Å². The van der Waals surface area contributed by atoms with Gasteiger partial charge in [0.1, 0.15) is 0 Å². The van der Waals surface area contributed by atoms with Gasteiger partial charge in [0, 0.05) is 6.04 Å². The average Bonchev–Trinajstić information content (AvgIpc) is 2.51. The van der Waals surface area contributed by atoms with Crippen molar-refractivity contribution in [3.63, 3.8) is 0 Å². The molecule has 0 spiro atoms. The van der Waals surface area contributed by atoms with E-state index in [-0.39, 0.29) is 17.9 Å². The summed E-state index contributed by atoms with van der Waals surface area (Å²) in [5, 5.41) is 0. The second-order valence-corrected chi connectivity index (χ2v) is 5.03. The Morgan fingerprint density at radius 3 is 2.06 bits per heavy atom. The SMILES string of the molecule is CC(C)c1ccc2c(c1)C(=O)N(C(C)C)C2=O. The molecule has 0 N–H and O–H groups in total. The molecule has 1 aromatic rings. The normalized spacial score (nSPS) is 15.1. The minimum atomic E-state index is -0.171. The molecule has 0 unspecified atom stereocenters. The molecule has 1 aliphatic rings. The standard InChI is InChI=1S/C14H17NO2/c1-8(2)10-5-6-11-12(7-10)14(17)15(9(3)4)13(11)16/h5-9H,1-4H3. The maximum Gasteiger partial charge on any atom is 0.261 e. The summed E-state index contributed by atoms with van der Waals surface area (Å²) in [5.74, 6) is 0.0223. The van der Waals surface area contributed by atoms with E-state index in [9.17, 15) is 9.59 Å². The third kappa shape index (κ3) is 1.75. The second kappa shape index (κ2) is 3.99. The summed E-state index contributed by atoms with van der Waals surface area (Å²) in [6, 6.07) is 5.46. The van der Waals surface area contributed by atoms with Gasteiger partial charge < -0.3 is 0 Å². The zero-order valence-corrected chi connectivity index (χ0v) is 10.7. The maximum atomic E-state index is 12.1. The van der Waals surface area contributed by atoms with Crippen LogP contribution in [-0.4, -0.2) is 22.8 Å². The van der Waals surface area contributed by atoms with Crippen LogP contribution in [0.1, 0.15) is 59.9 Å². The first-order chi connectivity index (χ1) is 7.93. The highest BCUT2D eigenvalue weighted by Gasteiger charge is 2.37. The van der Waals surface area contributed by atoms with Crippen LogP contribution in [0.2, 0.25) is 0 Å². The summed E-state index contributed by atoms with van der Waals surface area (Å²) in [7, 11) is 0. The number of carbonyl (C=O) groups is 2. The Hall–Kier alpha value is -1.64. The Bertz CT molecular complexity index is 489. The van der Waals surface area contributed by atoms with Crippen molar-refractivity contribution in [1.82, 2.24) is 4.90 Å². The van der Waals surface area contributed by atoms with Crippen LogP contribution in [-0.2, 0) is 0 Å². The summed E-state index contributed by atoms with van der Waals surface area (Å²) in [6.07, 6.45) is 0. The molecule has 0 fully saturated rings. The first kappa shape index (κ1) is 11.8. The molecule has 1 aliphatic heterocycles. The number of carbonyl (C=O) groups excluding carboxylic acids is 2. The first-order valence-corrected chi connectivity index (χ1v) is 5.95. The fourth-order valence-electron chi connectivity index (χ4n) is 2.11. The zero-order chi connectivity index (χ0) is 12.7. The number of amides is 2. The minimum absolute atomic E-state index is 0.0927. The lowest BCUT2D eigenvalue weighted by molar-refractivity contribution is 0.0609. The van der Waals surface area contributed by atoms with Gasteiger partial charge in [-0.15, -0.1) is 0 Å². The summed E-state index contributed by atoms with van der Waals surface area (Å²) in [5.41, 5.74) is 2.18. The molecule has 1 aromatic carbocycles. The molecule has 3 nitrogen and oxygen atoms in total. The summed E-state index contributed by atoms with van der Waals surface area (Å²) < 4.78 is 0. The van der Waals surface area contributed by atoms with E-state index in [4.69, 9.17) is 0 Å². The summed E-state index contributed by atoms with van der Waals surface area (Å²) >= 11 is 0.